The van der Waals surface area contributed by atoms with Gasteiger partial charge in [0.1, 0.15) is 5.82 Å². The van der Waals surface area contributed by atoms with Gasteiger partial charge in [-0.1, -0.05) is 39.3 Å². The molecule has 7 nitrogen and oxygen atoms in total. The van der Waals surface area contributed by atoms with Crippen LogP contribution in [-0.4, -0.2) is 65.7 Å². The summed E-state index contributed by atoms with van der Waals surface area (Å²) in [5.74, 6) is -0.972. The van der Waals surface area contributed by atoms with E-state index in [0.717, 1.165) is 12.8 Å². The molecule has 0 aromatic heterocycles. The fraction of sp³-hybridized carbons (Fsp3) is 0.680. The molecule has 2 amide bonds. The Balaban J connectivity index is 2.02. The van der Waals surface area contributed by atoms with Gasteiger partial charge in [-0.2, -0.15) is 0 Å². The number of rotatable bonds is 11. The summed E-state index contributed by atoms with van der Waals surface area (Å²) in [6, 6.07) is 5.63. The van der Waals surface area contributed by atoms with E-state index < -0.39 is 23.5 Å². The molecule has 186 valence electrons. The van der Waals surface area contributed by atoms with Crippen LogP contribution in [-0.2, 0) is 9.59 Å². The predicted octanol–water partition coefficient (Wildman–Crippen LogP) is 2.52. The van der Waals surface area contributed by atoms with E-state index in [4.69, 9.17) is 5.73 Å². The molecule has 2 rings (SSSR count). The van der Waals surface area contributed by atoms with Crippen molar-refractivity contribution in [3.63, 3.8) is 0 Å². The number of benzene rings is 1. The Bertz CT molecular complexity index is 802. The number of aliphatic hydroxyl groups excluding tert-OH is 1. The monoisotopic (exact) mass is 464 g/mol. The van der Waals surface area contributed by atoms with Gasteiger partial charge < -0.3 is 21.1 Å². The quantitative estimate of drug-likeness (QED) is 0.437. The van der Waals surface area contributed by atoms with Crippen LogP contribution in [0.3, 0.4) is 0 Å². The third-order valence-electron chi connectivity index (χ3n) is 6.56. The number of hydrogen-bond acceptors (Lipinski definition) is 5. The van der Waals surface area contributed by atoms with Gasteiger partial charge in [-0.3, -0.25) is 14.5 Å². The Morgan fingerprint density at radius 1 is 1.30 bits per heavy atom. The minimum Gasteiger partial charge on any atom is -0.391 e. The van der Waals surface area contributed by atoms with E-state index in [2.05, 4.69) is 12.2 Å². The Labute approximate surface area is 197 Å². The molecule has 1 saturated heterocycles. The Morgan fingerprint density at radius 3 is 2.58 bits per heavy atom. The van der Waals surface area contributed by atoms with Gasteiger partial charge in [0.15, 0.2) is 0 Å². The molecular formula is C25H41FN4O3. The molecule has 4 N–H and O–H groups in total. The van der Waals surface area contributed by atoms with Gasteiger partial charge in [-0.25, -0.2) is 4.39 Å². The van der Waals surface area contributed by atoms with E-state index in [9.17, 15) is 19.1 Å². The van der Waals surface area contributed by atoms with E-state index in [-0.39, 0.29) is 42.3 Å². The number of halogens is 1. The second kappa shape index (κ2) is 11.9. The highest BCUT2D eigenvalue weighted by Crippen LogP contribution is 2.29. The molecule has 0 bridgehead atoms. The summed E-state index contributed by atoms with van der Waals surface area (Å²) in [6.07, 6.45) is 1.30. The largest absolute Gasteiger partial charge is 0.391 e. The lowest BCUT2D eigenvalue weighted by Gasteiger charge is -2.47. The van der Waals surface area contributed by atoms with Gasteiger partial charge in [0.25, 0.3) is 0 Å². The van der Waals surface area contributed by atoms with Crippen LogP contribution >= 0.6 is 0 Å². The maximum Gasteiger partial charge on any atom is 0.241 e. The lowest BCUT2D eigenvalue weighted by Crippen LogP contribution is -2.64. The van der Waals surface area contributed by atoms with Crippen LogP contribution in [0, 0.1) is 17.7 Å². The first kappa shape index (κ1) is 27.2. The van der Waals surface area contributed by atoms with Crippen molar-refractivity contribution in [1.29, 1.82) is 0 Å². The van der Waals surface area contributed by atoms with Crippen molar-refractivity contribution < 1.29 is 19.1 Å². The zero-order chi connectivity index (χ0) is 24.8. The average Bonchev–Trinajstić information content (AvgIpc) is 2.74. The number of carbonyl (C=O) groups is 2. The highest BCUT2D eigenvalue weighted by atomic mass is 19.1. The van der Waals surface area contributed by atoms with Gasteiger partial charge in [0.2, 0.25) is 11.8 Å². The molecule has 0 saturated carbocycles. The number of para-hydroxylation sites is 1. The van der Waals surface area contributed by atoms with Gasteiger partial charge in [-0.05, 0) is 44.7 Å². The number of aliphatic hydroxyl groups is 1. The van der Waals surface area contributed by atoms with E-state index in [1.54, 1.807) is 18.2 Å². The first-order valence-electron chi connectivity index (χ1n) is 12.0. The summed E-state index contributed by atoms with van der Waals surface area (Å²) in [4.78, 5) is 28.8. The lowest BCUT2D eigenvalue weighted by molar-refractivity contribution is -0.127. The molecule has 1 aliphatic heterocycles. The summed E-state index contributed by atoms with van der Waals surface area (Å²) < 4.78 is 14.3. The Kier molecular flexibility index (Phi) is 9.82. The number of nitrogens with one attached hydrogen (secondary N) is 1. The second-order valence-corrected chi connectivity index (χ2v) is 10.1. The zero-order valence-corrected chi connectivity index (χ0v) is 20.7. The number of nitrogens with zero attached hydrogens (tertiary/aromatic N) is 2. The molecule has 1 aromatic rings. The van der Waals surface area contributed by atoms with Gasteiger partial charge in [0.05, 0.1) is 18.3 Å². The van der Waals surface area contributed by atoms with Crippen LogP contribution in [0.4, 0.5) is 10.1 Å². The molecule has 3 atom stereocenters. The molecule has 33 heavy (non-hydrogen) atoms. The molecule has 0 spiro atoms. The Hall–Kier alpha value is -2.03. The van der Waals surface area contributed by atoms with Crippen LogP contribution < -0.4 is 16.0 Å². The first-order chi connectivity index (χ1) is 15.5. The SMILES string of the molecule is CCCCNC(=O)[C@@H](C[C@H](O)[C@@H](N)CN1CC(=O)N(c2ccccc2F)CC1(C)C)C(C)C. The van der Waals surface area contributed by atoms with E-state index >= 15 is 0 Å². The van der Waals surface area contributed by atoms with E-state index in [1.807, 2.05) is 32.6 Å². The summed E-state index contributed by atoms with van der Waals surface area (Å²) in [6.45, 7) is 11.3. The molecule has 8 heteroatoms. The zero-order valence-electron chi connectivity index (χ0n) is 20.7. The van der Waals surface area contributed by atoms with Crippen molar-refractivity contribution in [1.82, 2.24) is 10.2 Å². The summed E-state index contributed by atoms with van der Waals surface area (Å²) in [5.41, 5.74) is 6.15. The van der Waals surface area contributed by atoms with Crippen molar-refractivity contribution in [3.05, 3.63) is 30.1 Å². The molecule has 1 heterocycles. The fourth-order valence-electron chi connectivity index (χ4n) is 4.25. The maximum absolute atomic E-state index is 14.3. The topological polar surface area (TPSA) is 98.9 Å². The van der Waals surface area contributed by atoms with Gasteiger partial charge in [0, 0.05) is 37.1 Å². The standard InChI is InChI=1S/C25H41FN4O3/c1-6-7-12-28-24(33)18(17(2)3)13-22(31)20(27)14-29-15-23(32)30(16-25(29,4)5)21-11-9-8-10-19(21)26/h8-11,17-18,20,22,31H,6-7,12-16,27H2,1-5H3,(H,28,33)/t18-,20-,22-/m0/s1. The number of anilines is 1. The first-order valence-corrected chi connectivity index (χ1v) is 12.0. The molecule has 0 unspecified atom stereocenters. The predicted molar refractivity (Wildman–Crippen MR) is 129 cm³/mol. The normalized spacial score (nSPS) is 19.4. The molecule has 1 aromatic carbocycles. The van der Waals surface area contributed by atoms with Crippen molar-refractivity contribution in [3.8, 4) is 0 Å². The number of nitrogens with two attached hydrogens (primary N) is 1. The number of piperazine rings is 1. The minimum absolute atomic E-state index is 0.0568. The fourth-order valence-corrected chi connectivity index (χ4v) is 4.25. The average molecular weight is 465 g/mol. The summed E-state index contributed by atoms with van der Waals surface area (Å²) in [5, 5.41) is 13.8. The molecular weight excluding hydrogens is 423 g/mol. The van der Waals surface area contributed by atoms with Crippen LogP contribution in [0.2, 0.25) is 0 Å². The van der Waals surface area contributed by atoms with Crippen molar-refractivity contribution in [2.24, 2.45) is 17.6 Å². The molecule has 0 aliphatic carbocycles. The highest BCUT2D eigenvalue weighted by Gasteiger charge is 2.40. The second-order valence-electron chi connectivity index (χ2n) is 10.1. The smallest absolute Gasteiger partial charge is 0.241 e. The number of amides is 2. The number of carbonyl (C=O) groups excluding carboxylic acids is 2. The van der Waals surface area contributed by atoms with Crippen molar-refractivity contribution >= 4 is 17.5 Å². The summed E-state index contributed by atoms with van der Waals surface area (Å²) in [7, 11) is 0. The maximum atomic E-state index is 14.3. The van der Waals surface area contributed by atoms with Crippen LogP contribution in [0.15, 0.2) is 24.3 Å². The van der Waals surface area contributed by atoms with E-state index in [1.165, 1.54) is 11.0 Å². The third-order valence-corrected chi connectivity index (χ3v) is 6.56. The van der Waals surface area contributed by atoms with Crippen molar-refractivity contribution in [2.75, 3.05) is 31.1 Å². The van der Waals surface area contributed by atoms with Gasteiger partial charge >= 0.3 is 0 Å². The Morgan fingerprint density at radius 2 is 1.97 bits per heavy atom. The van der Waals surface area contributed by atoms with Crippen LogP contribution in [0.5, 0.6) is 0 Å². The summed E-state index contributed by atoms with van der Waals surface area (Å²) >= 11 is 0. The lowest BCUT2D eigenvalue weighted by atomic mass is 9.87. The van der Waals surface area contributed by atoms with Crippen molar-refractivity contribution in [2.45, 2.75) is 71.6 Å². The highest BCUT2D eigenvalue weighted by molar-refractivity contribution is 5.96. The third kappa shape index (κ3) is 7.22. The molecule has 1 aliphatic rings. The molecule has 1 fully saturated rings. The van der Waals surface area contributed by atoms with Crippen LogP contribution in [0.1, 0.15) is 53.9 Å². The molecule has 0 radical (unpaired) electrons. The van der Waals surface area contributed by atoms with Crippen LogP contribution in [0.25, 0.3) is 0 Å². The van der Waals surface area contributed by atoms with E-state index in [0.29, 0.717) is 19.6 Å². The number of hydrogen-bond donors (Lipinski definition) is 3. The number of unbranched alkanes of at least 4 members (excludes halogenated alkanes) is 1. The minimum atomic E-state index is -0.884. The van der Waals surface area contributed by atoms with Gasteiger partial charge in [-0.15, -0.1) is 0 Å².